The first-order chi connectivity index (χ1) is 12.7. The van der Waals surface area contributed by atoms with Crippen LogP contribution in [0.2, 0.25) is 0 Å². The molecule has 0 spiro atoms. The summed E-state index contributed by atoms with van der Waals surface area (Å²) in [6, 6.07) is 18.0. The van der Waals surface area contributed by atoms with Gasteiger partial charge in [-0.05, 0) is 22.4 Å². The largest absolute Gasteiger partial charge is 0.348 e. The van der Waals surface area contributed by atoms with Crippen molar-refractivity contribution in [2.75, 3.05) is 31.1 Å². The number of pyridine rings is 1. The number of hydrogen-bond donors (Lipinski definition) is 0. The molecule has 6 nitrogen and oxygen atoms in total. The van der Waals surface area contributed by atoms with Crippen LogP contribution in [0, 0.1) is 10.1 Å². The molecule has 0 unspecified atom stereocenters. The van der Waals surface area contributed by atoms with E-state index in [9.17, 15) is 10.1 Å². The van der Waals surface area contributed by atoms with Crippen molar-refractivity contribution in [2.45, 2.75) is 6.54 Å². The molecule has 6 heteroatoms. The Labute approximate surface area is 151 Å². The van der Waals surface area contributed by atoms with Gasteiger partial charge in [0.2, 0.25) is 5.82 Å². The van der Waals surface area contributed by atoms with E-state index >= 15 is 0 Å². The molecule has 132 valence electrons. The second-order valence-electron chi connectivity index (χ2n) is 6.50. The summed E-state index contributed by atoms with van der Waals surface area (Å²) in [4.78, 5) is 19.5. The Morgan fingerprint density at radius 1 is 0.962 bits per heavy atom. The maximum Gasteiger partial charge on any atom is 0.311 e. The molecule has 0 radical (unpaired) electrons. The van der Waals surface area contributed by atoms with Gasteiger partial charge in [-0.3, -0.25) is 15.0 Å². The highest BCUT2D eigenvalue weighted by Gasteiger charge is 2.24. The normalized spacial score (nSPS) is 15.3. The van der Waals surface area contributed by atoms with Crippen molar-refractivity contribution in [2.24, 2.45) is 0 Å². The van der Waals surface area contributed by atoms with Gasteiger partial charge in [0.05, 0.1) is 4.92 Å². The number of rotatable bonds is 4. The summed E-state index contributed by atoms with van der Waals surface area (Å²) in [5.74, 6) is 0.474. The molecule has 0 saturated carbocycles. The quantitative estimate of drug-likeness (QED) is 0.534. The molecular weight excluding hydrogens is 328 g/mol. The van der Waals surface area contributed by atoms with Gasteiger partial charge in [0.1, 0.15) is 0 Å². The minimum absolute atomic E-state index is 0.0787. The molecule has 2 aromatic carbocycles. The third kappa shape index (κ3) is 3.23. The summed E-state index contributed by atoms with van der Waals surface area (Å²) in [6.45, 7) is 4.08. The van der Waals surface area contributed by atoms with Crippen LogP contribution >= 0.6 is 0 Å². The topological polar surface area (TPSA) is 62.5 Å². The molecule has 1 saturated heterocycles. The van der Waals surface area contributed by atoms with E-state index in [2.05, 4.69) is 52.3 Å². The van der Waals surface area contributed by atoms with E-state index in [0.29, 0.717) is 5.82 Å². The van der Waals surface area contributed by atoms with E-state index in [1.165, 1.54) is 22.4 Å². The summed E-state index contributed by atoms with van der Waals surface area (Å²) < 4.78 is 0. The molecular formula is C20H20N4O2. The Kier molecular flexibility index (Phi) is 4.50. The summed E-state index contributed by atoms with van der Waals surface area (Å²) in [5.41, 5.74) is 1.40. The van der Waals surface area contributed by atoms with Gasteiger partial charge in [-0.15, -0.1) is 0 Å². The Balaban J connectivity index is 1.47. The number of benzene rings is 2. The van der Waals surface area contributed by atoms with Crippen molar-refractivity contribution < 1.29 is 4.92 Å². The van der Waals surface area contributed by atoms with Crippen LogP contribution in [-0.4, -0.2) is 41.0 Å². The second kappa shape index (κ2) is 7.09. The fourth-order valence-electron chi connectivity index (χ4n) is 3.56. The van der Waals surface area contributed by atoms with Gasteiger partial charge in [-0.1, -0.05) is 42.5 Å². The third-order valence-corrected chi connectivity index (χ3v) is 4.91. The van der Waals surface area contributed by atoms with Crippen molar-refractivity contribution in [1.29, 1.82) is 0 Å². The lowest BCUT2D eigenvalue weighted by Gasteiger charge is -2.35. The van der Waals surface area contributed by atoms with Gasteiger partial charge in [0.15, 0.2) is 0 Å². The van der Waals surface area contributed by atoms with Gasteiger partial charge < -0.3 is 4.90 Å². The lowest BCUT2D eigenvalue weighted by molar-refractivity contribution is -0.384. The SMILES string of the molecule is O=[N+]([O-])c1cccnc1N1CCN(Cc2cccc3ccccc23)CC1. The Morgan fingerprint density at radius 2 is 1.73 bits per heavy atom. The standard InChI is InChI=1S/C20H20N4O2/c25-24(26)19-9-4-10-21-20(19)23-13-11-22(12-14-23)15-17-7-3-6-16-5-1-2-8-18(16)17/h1-10H,11-15H2. The number of aromatic nitrogens is 1. The van der Waals surface area contributed by atoms with Crippen LogP contribution in [-0.2, 0) is 6.54 Å². The highest BCUT2D eigenvalue weighted by molar-refractivity contribution is 5.85. The first-order valence-corrected chi connectivity index (χ1v) is 8.76. The van der Waals surface area contributed by atoms with Crippen molar-refractivity contribution in [3.8, 4) is 0 Å². The Bertz CT molecular complexity index is 931. The van der Waals surface area contributed by atoms with E-state index in [4.69, 9.17) is 0 Å². The fraction of sp³-hybridized carbons (Fsp3) is 0.250. The molecule has 1 aliphatic heterocycles. The average Bonchev–Trinajstić information content (AvgIpc) is 2.69. The highest BCUT2D eigenvalue weighted by atomic mass is 16.6. The van der Waals surface area contributed by atoms with Crippen LogP contribution < -0.4 is 4.90 Å². The molecule has 0 bridgehead atoms. The maximum absolute atomic E-state index is 11.2. The molecule has 26 heavy (non-hydrogen) atoms. The van der Waals surface area contributed by atoms with Crippen molar-refractivity contribution >= 4 is 22.3 Å². The van der Waals surface area contributed by atoms with Crippen LogP contribution in [0.4, 0.5) is 11.5 Å². The minimum atomic E-state index is -0.356. The van der Waals surface area contributed by atoms with E-state index in [1.807, 2.05) is 4.90 Å². The summed E-state index contributed by atoms with van der Waals surface area (Å²) >= 11 is 0. The van der Waals surface area contributed by atoms with Crippen molar-refractivity contribution in [3.05, 3.63) is 76.5 Å². The van der Waals surface area contributed by atoms with E-state index in [-0.39, 0.29) is 10.6 Å². The second-order valence-corrected chi connectivity index (χ2v) is 6.50. The molecule has 2 heterocycles. The predicted molar refractivity (Wildman–Crippen MR) is 102 cm³/mol. The molecule has 0 aliphatic carbocycles. The molecule has 1 fully saturated rings. The maximum atomic E-state index is 11.2. The van der Waals surface area contributed by atoms with Gasteiger partial charge >= 0.3 is 5.69 Å². The monoisotopic (exact) mass is 348 g/mol. The lowest BCUT2D eigenvalue weighted by Crippen LogP contribution is -2.46. The molecule has 0 atom stereocenters. The molecule has 0 N–H and O–H groups in total. The Morgan fingerprint density at radius 3 is 2.54 bits per heavy atom. The minimum Gasteiger partial charge on any atom is -0.348 e. The van der Waals surface area contributed by atoms with Crippen LogP contribution in [0.5, 0.6) is 0 Å². The zero-order valence-electron chi connectivity index (χ0n) is 14.4. The molecule has 1 aliphatic rings. The zero-order chi connectivity index (χ0) is 17.9. The van der Waals surface area contributed by atoms with Crippen LogP contribution in [0.25, 0.3) is 10.8 Å². The van der Waals surface area contributed by atoms with Gasteiger partial charge in [-0.2, -0.15) is 0 Å². The number of nitro groups is 1. The average molecular weight is 348 g/mol. The van der Waals surface area contributed by atoms with Gasteiger partial charge in [0.25, 0.3) is 0 Å². The van der Waals surface area contributed by atoms with Crippen LogP contribution in [0.15, 0.2) is 60.8 Å². The summed E-state index contributed by atoms with van der Waals surface area (Å²) in [7, 11) is 0. The molecule has 0 amide bonds. The van der Waals surface area contributed by atoms with Gasteiger partial charge in [0, 0.05) is 45.0 Å². The highest BCUT2D eigenvalue weighted by Crippen LogP contribution is 2.26. The fourth-order valence-corrected chi connectivity index (χ4v) is 3.56. The number of hydrogen-bond acceptors (Lipinski definition) is 5. The van der Waals surface area contributed by atoms with Gasteiger partial charge in [-0.25, -0.2) is 4.98 Å². The molecule has 1 aromatic heterocycles. The first kappa shape index (κ1) is 16.5. The first-order valence-electron chi connectivity index (χ1n) is 8.76. The van der Waals surface area contributed by atoms with Crippen molar-refractivity contribution in [3.63, 3.8) is 0 Å². The predicted octanol–water partition coefficient (Wildman–Crippen LogP) is 3.47. The van der Waals surface area contributed by atoms with E-state index < -0.39 is 0 Å². The summed E-state index contributed by atoms with van der Waals surface area (Å²) in [5, 5.41) is 13.8. The molecule has 3 aromatic rings. The smallest absolute Gasteiger partial charge is 0.311 e. The number of fused-ring (bicyclic) bond motifs is 1. The number of anilines is 1. The zero-order valence-corrected chi connectivity index (χ0v) is 14.4. The van der Waals surface area contributed by atoms with Crippen LogP contribution in [0.3, 0.4) is 0 Å². The van der Waals surface area contributed by atoms with E-state index in [1.54, 1.807) is 12.3 Å². The third-order valence-electron chi connectivity index (χ3n) is 4.91. The van der Waals surface area contributed by atoms with Crippen molar-refractivity contribution in [1.82, 2.24) is 9.88 Å². The Hall–Kier alpha value is -2.99. The summed E-state index contributed by atoms with van der Waals surface area (Å²) in [6.07, 6.45) is 1.62. The van der Waals surface area contributed by atoms with Crippen LogP contribution in [0.1, 0.15) is 5.56 Å². The number of piperazine rings is 1. The van der Waals surface area contributed by atoms with E-state index in [0.717, 1.165) is 32.7 Å². The molecule has 4 rings (SSSR count). The number of nitrogens with zero attached hydrogens (tertiary/aromatic N) is 4. The lowest BCUT2D eigenvalue weighted by atomic mass is 10.0.